The molecule has 0 radical (unpaired) electrons. The molecular weight excluding hydrogens is 289 g/mol. The van der Waals surface area contributed by atoms with Crippen LogP contribution >= 0.6 is 27.7 Å². The highest BCUT2D eigenvalue weighted by Gasteiger charge is 2.11. The monoisotopic (exact) mass is 305 g/mol. The van der Waals surface area contributed by atoms with Gasteiger partial charge in [0.05, 0.1) is 0 Å². The minimum Gasteiger partial charge on any atom is -0.317 e. The van der Waals surface area contributed by atoms with Crippen molar-refractivity contribution in [3.63, 3.8) is 0 Å². The summed E-state index contributed by atoms with van der Waals surface area (Å²) < 4.78 is 14.6. The van der Waals surface area contributed by atoms with Gasteiger partial charge < -0.3 is 5.32 Å². The molecule has 0 saturated carbocycles. The van der Waals surface area contributed by atoms with Crippen LogP contribution in [0.15, 0.2) is 27.6 Å². The molecular formula is C12H17BrFNS. The number of halogens is 2. The van der Waals surface area contributed by atoms with Crippen LogP contribution in [-0.4, -0.2) is 18.8 Å². The highest BCUT2D eigenvalue weighted by molar-refractivity contribution is 9.10. The molecule has 0 heterocycles. The van der Waals surface area contributed by atoms with Crippen molar-refractivity contribution in [1.82, 2.24) is 5.32 Å². The molecule has 1 rings (SSSR count). The van der Waals surface area contributed by atoms with E-state index in [1.807, 2.05) is 18.2 Å². The zero-order chi connectivity index (χ0) is 12.1. The minimum absolute atomic E-state index is 0.350. The maximum Gasteiger partial charge on any atom is 0.138 e. The smallest absolute Gasteiger partial charge is 0.138 e. The summed E-state index contributed by atoms with van der Waals surface area (Å²) in [5.41, 5.74) is 0.717. The first-order valence-electron chi connectivity index (χ1n) is 5.29. The van der Waals surface area contributed by atoms with E-state index in [2.05, 4.69) is 35.1 Å². The molecule has 0 aliphatic heterocycles. The summed E-state index contributed by atoms with van der Waals surface area (Å²) in [6, 6.07) is 5.70. The number of alkyl halides is 1. The molecule has 0 bridgehead atoms. The van der Waals surface area contributed by atoms with Crippen molar-refractivity contribution in [2.45, 2.75) is 30.2 Å². The van der Waals surface area contributed by atoms with Crippen molar-refractivity contribution in [1.29, 1.82) is 0 Å². The van der Waals surface area contributed by atoms with Gasteiger partial charge in [0.25, 0.3) is 0 Å². The molecule has 0 aliphatic rings. The molecule has 0 amide bonds. The number of hydrogen-bond acceptors (Lipinski definition) is 2. The standard InChI is InChI=1S/C12H17BrFNS/c1-8(2)16-12-5-4-9(6-10(12)13)11(14)7-15-3/h4-6,8,11,15H,7H2,1-3H3. The third-order valence-corrected chi connectivity index (χ3v) is 4.06. The van der Waals surface area contributed by atoms with E-state index in [1.54, 1.807) is 18.8 Å². The van der Waals surface area contributed by atoms with Gasteiger partial charge in [0.2, 0.25) is 0 Å². The number of likely N-dealkylation sites (N-methyl/N-ethyl adjacent to an activating group) is 1. The Bertz CT molecular complexity index is 344. The predicted octanol–water partition coefficient (Wildman–Crippen LogP) is 4.18. The fourth-order valence-electron chi connectivity index (χ4n) is 1.36. The van der Waals surface area contributed by atoms with Gasteiger partial charge in [0.1, 0.15) is 6.17 Å². The zero-order valence-electron chi connectivity index (χ0n) is 9.76. The Morgan fingerprint density at radius 2 is 2.12 bits per heavy atom. The number of rotatable bonds is 5. The maximum atomic E-state index is 13.6. The summed E-state index contributed by atoms with van der Waals surface area (Å²) in [5, 5.41) is 3.37. The Labute approximate surface area is 109 Å². The summed E-state index contributed by atoms with van der Waals surface area (Å²) in [6.07, 6.45) is -0.945. The highest BCUT2D eigenvalue weighted by atomic mass is 79.9. The summed E-state index contributed by atoms with van der Waals surface area (Å²) in [7, 11) is 1.75. The Hall–Kier alpha value is -0.0600. The van der Waals surface area contributed by atoms with Gasteiger partial charge in [0.15, 0.2) is 0 Å². The number of benzene rings is 1. The summed E-state index contributed by atoms with van der Waals surface area (Å²) >= 11 is 5.26. The third-order valence-electron chi connectivity index (χ3n) is 2.06. The van der Waals surface area contributed by atoms with Gasteiger partial charge in [-0.2, -0.15) is 0 Å². The molecule has 0 aromatic heterocycles. The van der Waals surface area contributed by atoms with Crippen molar-refractivity contribution < 1.29 is 4.39 Å². The van der Waals surface area contributed by atoms with Crippen LogP contribution in [0.3, 0.4) is 0 Å². The second-order valence-corrected chi connectivity index (χ2v) is 6.35. The van der Waals surface area contributed by atoms with E-state index in [1.165, 1.54) is 0 Å². The first-order valence-corrected chi connectivity index (χ1v) is 6.96. The molecule has 1 N–H and O–H groups in total. The molecule has 4 heteroatoms. The lowest BCUT2D eigenvalue weighted by atomic mass is 10.1. The van der Waals surface area contributed by atoms with Crippen LogP contribution in [0.25, 0.3) is 0 Å². The molecule has 0 aliphatic carbocycles. The van der Waals surface area contributed by atoms with Crippen LogP contribution in [-0.2, 0) is 0 Å². The van der Waals surface area contributed by atoms with Gasteiger partial charge in [0, 0.05) is 21.2 Å². The van der Waals surface area contributed by atoms with Crippen LogP contribution in [0.4, 0.5) is 4.39 Å². The van der Waals surface area contributed by atoms with Crippen LogP contribution in [0, 0.1) is 0 Å². The molecule has 1 nitrogen and oxygen atoms in total. The van der Waals surface area contributed by atoms with Gasteiger partial charge in [-0.15, -0.1) is 11.8 Å². The van der Waals surface area contributed by atoms with E-state index in [-0.39, 0.29) is 0 Å². The molecule has 1 aromatic carbocycles. The third kappa shape index (κ3) is 4.07. The van der Waals surface area contributed by atoms with E-state index in [9.17, 15) is 4.39 Å². The lowest BCUT2D eigenvalue weighted by molar-refractivity contribution is 0.335. The second kappa shape index (κ2) is 6.62. The minimum atomic E-state index is -0.945. The quantitative estimate of drug-likeness (QED) is 0.819. The first kappa shape index (κ1) is 14.0. The van der Waals surface area contributed by atoms with Crippen LogP contribution < -0.4 is 5.32 Å². The van der Waals surface area contributed by atoms with Crippen molar-refractivity contribution in [3.05, 3.63) is 28.2 Å². The molecule has 0 saturated heterocycles. The zero-order valence-corrected chi connectivity index (χ0v) is 12.2. The average Bonchev–Trinajstić information content (AvgIpc) is 2.20. The lowest BCUT2D eigenvalue weighted by Crippen LogP contribution is -2.13. The molecule has 16 heavy (non-hydrogen) atoms. The fraction of sp³-hybridized carbons (Fsp3) is 0.500. The van der Waals surface area contributed by atoms with E-state index in [0.717, 1.165) is 9.37 Å². The predicted molar refractivity (Wildman–Crippen MR) is 72.9 cm³/mol. The average molecular weight is 306 g/mol. The highest BCUT2D eigenvalue weighted by Crippen LogP contribution is 2.33. The second-order valence-electron chi connectivity index (χ2n) is 3.88. The summed E-state index contributed by atoms with van der Waals surface area (Å²) in [4.78, 5) is 1.16. The molecule has 1 aromatic rings. The van der Waals surface area contributed by atoms with Crippen molar-refractivity contribution in [2.24, 2.45) is 0 Å². The van der Waals surface area contributed by atoms with Gasteiger partial charge in [-0.25, -0.2) is 4.39 Å². The Morgan fingerprint density at radius 1 is 1.44 bits per heavy atom. The van der Waals surface area contributed by atoms with Crippen molar-refractivity contribution in [2.75, 3.05) is 13.6 Å². The van der Waals surface area contributed by atoms with Crippen LogP contribution in [0.1, 0.15) is 25.6 Å². The van der Waals surface area contributed by atoms with E-state index >= 15 is 0 Å². The lowest BCUT2D eigenvalue weighted by Gasteiger charge is -2.11. The largest absolute Gasteiger partial charge is 0.317 e. The normalized spacial score (nSPS) is 13.1. The topological polar surface area (TPSA) is 12.0 Å². The summed E-state index contributed by atoms with van der Waals surface area (Å²) in [6.45, 7) is 4.64. The fourth-order valence-corrected chi connectivity index (χ4v) is 2.86. The molecule has 1 atom stereocenters. The van der Waals surface area contributed by atoms with E-state index < -0.39 is 6.17 Å². The summed E-state index contributed by atoms with van der Waals surface area (Å²) in [5.74, 6) is 0. The van der Waals surface area contributed by atoms with Gasteiger partial charge in [-0.05, 0) is 40.7 Å². The van der Waals surface area contributed by atoms with Gasteiger partial charge >= 0.3 is 0 Å². The maximum absolute atomic E-state index is 13.6. The SMILES string of the molecule is CNCC(F)c1ccc(SC(C)C)c(Br)c1. The Balaban J connectivity index is 2.82. The molecule has 0 spiro atoms. The van der Waals surface area contributed by atoms with Crippen LogP contribution in [0.5, 0.6) is 0 Å². The number of hydrogen-bond donors (Lipinski definition) is 1. The Kier molecular flexibility index (Phi) is 5.79. The molecule has 0 fully saturated rings. The van der Waals surface area contributed by atoms with Crippen LogP contribution in [0.2, 0.25) is 0 Å². The number of thioether (sulfide) groups is 1. The van der Waals surface area contributed by atoms with E-state index in [0.29, 0.717) is 17.4 Å². The molecule has 1 unspecified atom stereocenters. The van der Waals surface area contributed by atoms with Gasteiger partial charge in [-0.1, -0.05) is 19.9 Å². The van der Waals surface area contributed by atoms with Gasteiger partial charge in [-0.3, -0.25) is 0 Å². The first-order chi connectivity index (χ1) is 7.54. The van der Waals surface area contributed by atoms with E-state index in [4.69, 9.17) is 0 Å². The van der Waals surface area contributed by atoms with Crippen molar-refractivity contribution >= 4 is 27.7 Å². The number of nitrogens with one attached hydrogen (secondary N) is 1. The Morgan fingerprint density at radius 3 is 2.62 bits per heavy atom. The molecule has 90 valence electrons. The van der Waals surface area contributed by atoms with Crippen molar-refractivity contribution in [3.8, 4) is 0 Å².